The summed E-state index contributed by atoms with van der Waals surface area (Å²) in [5, 5.41) is 0. The Morgan fingerprint density at radius 1 is 1.29 bits per heavy atom. The van der Waals surface area contributed by atoms with E-state index in [1.165, 1.54) is 11.3 Å². The van der Waals surface area contributed by atoms with E-state index in [9.17, 15) is 0 Å². The maximum Gasteiger partial charge on any atom is 0.0409 e. The monoisotopic (exact) mass is 191 g/mol. The van der Waals surface area contributed by atoms with Gasteiger partial charge in [-0.1, -0.05) is 34.6 Å². The maximum absolute atomic E-state index is 4.39. The summed E-state index contributed by atoms with van der Waals surface area (Å²) in [4.78, 5) is 4.39. The molecule has 0 atom stereocenters. The van der Waals surface area contributed by atoms with E-state index in [0.29, 0.717) is 5.92 Å². The average molecular weight is 191 g/mol. The van der Waals surface area contributed by atoms with Crippen molar-refractivity contribution in [3.05, 3.63) is 29.6 Å². The van der Waals surface area contributed by atoms with Crippen molar-refractivity contribution in [2.75, 3.05) is 0 Å². The Morgan fingerprint density at radius 2 is 1.93 bits per heavy atom. The fourth-order valence-electron chi connectivity index (χ4n) is 1.47. The van der Waals surface area contributed by atoms with E-state index >= 15 is 0 Å². The van der Waals surface area contributed by atoms with Gasteiger partial charge in [0, 0.05) is 11.9 Å². The van der Waals surface area contributed by atoms with Crippen LogP contribution in [0, 0.1) is 5.92 Å². The Hall–Kier alpha value is -0.850. The summed E-state index contributed by atoms with van der Waals surface area (Å²) in [6, 6.07) is 4.35. The standard InChI is InChI=1S/C13H21N/c1-10(2)8-12-9-11(6-7-14-12)13(3,4)5/h6-7,9-10H,8H2,1-5H3. The lowest BCUT2D eigenvalue weighted by atomic mass is 9.87. The number of nitrogens with zero attached hydrogens (tertiary/aromatic N) is 1. The summed E-state index contributed by atoms with van der Waals surface area (Å²) >= 11 is 0. The predicted molar refractivity (Wildman–Crippen MR) is 61.5 cm³/mol. The fraction of sp³-hybridized carbons (Fsp3) is 0.615. The first kappa shape index (κ1) is 11.2. The van der Waals surface area contributed by atoms with E-state index in [1.54, 1.807) is 0 Å². The highest BCUT2D eigenvalue weighted by Gasteiger charge is 2.14. The molecular weight excluding hydrogens is 170 g/mol. The molecule has 14 heavy (non-hydrogen) atoms. The molecule has 0 saturated heterocycles. The van der Waals surface area contributed by atoms with E-state index in [-0.39, 0.29) is 5.41 Å². The second kappa shape index (κ2) is 4.12. The molecule has 1 aromatic heterocycles. The Balaban J connectivity index is 2.90. The van der Waals surface area contributed by atoms with Gasteiger partial charge in [-0.15, -0.1) is 0 Å². The Kier molecular flexibility index (Phi) is 3.30. The summed E-state index contributed by atoms with van der Waals surface area (Å²) in [7, 11) is 0. The first-order chi connectivity index (χ1) is 6.39. The van der Waals surface area contributed by atoms with Crippen LogP contribution in [0.1, 0.15) is 45.9 Å². The lowest BCUT2D eigenvalue weighted by molar-refractivity contribution is 0.582. The topological polar surface area (TPSA) is 12.9 Å². The number of aromatic nitrogens is 1. The van der Waals surface area contributed by atoms with Gasteiger partial charge in [0.1, 0.15) is 0 Å². The van der Waals surface area contributed by atoms with E-state index in [2.05, 4.69) is 51.7 Å². The smallest absolute Gasteiger partial charge is 0.0409 e. The minimum absolute atomic E-state index is 0.231. The van der Waals surface area contributed by atoms with Gasteiger partial charge in [0.2, 0.25) is 0 Å². The number of hydrogen-bond acceptors (Lipinski definition) is 1. The molecule has 0 aliphatic heterocycles. The van der Waals surface area contributed by atoms with Gasteiger partial charge in [-0.3, -0.25) is 4.98 Å². The van der Waals surface area contributed by atoms with Crippen LogP contribution >= 0.6 is 0 Å². The molecule has 0 radical (unpaired) electrons. The van der Waals surface area contributed by atoms with E-state index < -0.39 is 0 Å². The molecule has 0 bridgehead atoms. The maximum atomic E-state index is 4.39. The van der Waals surface area contributed by atoms with Crippen molar-refractivity contribution in [2.24, 2.45) is 5.92 Å². The van der Waals surface area contributed by atoms with Crippen molar-refractivity contribution < 1.29 is 0 Å². The van der Waals surface area contributed by atoms with Gasteiger partial charge in [0.05, 0.1) is 0 Å². The minimum atomic E-state index is 0.231. The van der Waals surface area contributed by atoms with Crippen LogP contribution in [0.15, 0.2) is 18.3 Å². The molecule has 78 valence electrons. The first-order valence-corrected chi connectivity index (χ1v) is 5.35. The first-order valence-electron chi connectivity index (χ1n) is 5.35. The van der Waals surface area contributed by atoms with E-state index in [1.807, 2.05) is 6.20 Å². The second-order valence-corrected chi connectivity index (χ2v) is 5.38. The molecule has 0 saturated carbocycles. The third-order valence-electron chi connectivity index (χ3n) is 2.30. The molecule has 1 rings (SSSR count). The molecule has 0 aliphatic rings. The Morgan fingerprint density at radius 3 is 2.43 bits per heavy atom. The largest absolute Gasteiger partial charge is 0.261 e. The van der Waals surface area contributed by atoms with Crippen molar-refractivity contribution in [2.45, 2.75) is 46.5 Å². The molecule has 1 aromatic rings. The van der Waals surface area contributed by atoms with Crippen molar-refractivity contribution in [3.63, 3.8) is 0 Å². The van der Waals surface area contributed by atoms with E-state index in [4.69, 9.17) is 0 Å². The van der Waals surface area contributed by atoms with Gasteiger partial charge in [0.25, 0.3) is 0 Å². The zero-order valence-corrected chi connectivity index (χ0v) is 9.96. The summed E-state index contributed by atoms with van der Waals surface area (Å²) < 4.78 is 0. The number of hydrogen-bond donors (Lipinski definition) is 0. The zero-order chi connectivity index (χ0) is 10.8. The van der Waals surface area contributed by atoms with Crippen LogP contribution in [0.4, 0.5) is 0 Å². The molecule has 1 heteroatoms. The highest BCUT2D eigenvalue weighted by molar-refractivity contribution is 5.23. The molecule has 0 amide bonds. The lowest BCUT2D eigenvalue weighted by Crippen LogP contribution is -2.12. The van der Waals surface area contributed by atoms with Crippen LogP contribution in [0.25, 0.3) is 0 Å². The van der Waals surface area contributed by atoms with Crippen molar-refractivity contribution in [3.8, 4) is 0 Å². The molecule has 0 fully saturated rings. The van der Waals surface area contributed by atoms with Crippen LogP contribution < -0.4 is 0 Å². The molecule has 0 N–H and O–H groups in total. The molecular formula is C13H21N. The van der Waals surface area contributed by atoms with Crippen molar-refractivity contribution >= 4 is 0 Å². The zero-order valence-electron chi connectivity index (χ0n) is 9.96. The van der Waals surface area contributed by atoms with Crippen molar-refractivity contribution in [1.82, 2.24) is 4.98 Å². The molecule has 1 nitrogen and oxygen atoms in total. The summed E-state index contributed by atoms with van der Waals surface area (Å²) in [5.74, 6) is 0.678. The molecule has 0 unspecified atom stereocenters. The summed E-state index contributed by atoms with van der Waals surface area (Å²) in [6.07, 6.45) is 3.00. The summed E-state index contributed by atoms with van der Waals surface area (Å²) in [6.45, 7) is 11.2. The van der Waals surface area contributed by atoms with Crippen molar-refractivity contribution in [1.29, 1.82) is 0 Å². The minimum Gasteiger partial charge on any atom is -0.261 e. The fourth-order valence-corrected chi connectivity index (χ4v) is 1.47. The van der Waals surface area contributed by atoms with Gasteiger partial charge in [-0.05, 0) is 35.4 Å². The molecule has 0 aliphatic carbocycles. The van der Waals surface area contributed by atoms with Crippen LogP contribution in [0.5, 0.6) is 0 Å². The lowest BCUT2D eigenvalue weighted by Gasteiger charge is -2.19. The highest BCUT2D eigenvalue weighted by Crippen LogP contribution is 2.22. The van der Waals surface area contributed by atoms with Gasteiger partial charge in [-0.2, -0.15) is 0 Å². The van der Waals surface area contributed by atoms with Gasteiger partial charge in [0.15, 0.2) is 0 Å². The van der Waals surface area contributed by atoms with Crippen LogP contribution in [0.2, 0.25) is 0 Å². The quantitative estimate of drug-likeness (QED) is 0.696. The van der Waals surface area contributed by atoms with Crippen LogP contribution in [-0.4, -0.2) is 4.98 Å². The van der Waals surface area contributed by atoms with Gasteiger partial charge in [-0.25, -0.2) is 0 Å². The normalized spacial score (nSPS) is 12.1. The Labute approximate surface area is 87.6 Å². The van der Waals surface area contributed by atoms with Crippen LogP contribution in [-0.2, 0) is 11.8 Å². The SMILES string of the molecule is CC(C)Cc1cc(C(C)(C)C)ccn1. The van der Waals surface area contributed by atoms with Gasteiger partial charge >= 0.3 is 0 Å². The average Bonchev–Trinajstić information content (AvgIpc) is 2.01. The van der Waals surface area contributed by atoms with Crippen LogP contribution in [0.3, 0.4) is 0 Å². The summed E-state index contributed by atoms with van der Waals surface area (Å²) in [5.41, 5.74) is 2.82. The number of pyridine rings is 1. The third-order valence-corrected chi connectivity index (χ3v) is 2.30. The second-order valence-electron chi connectivity index (χ2n) is 5.38. The Bertz CT molecular complexity index is 294. The third kappa shape index (κ3) is 3.13. The van der Waals surface area contributed by atoms with Gasteiger partial charge < -0.3 is 0 Å². The predicted octanol–water partition coefficient (Wildman–Crippen LogP) is 3.58. The molecule has 0 aromatic carbocycles. The highest BCUT2D eigenvalue weighted by atomic mass is 14.7. The number of rotatable bonds is 2. The van der Waals surface area contributed by atoms with E-state index in [0.717, 1.165) is 6.42 Å². The molecule has 1 heterocycles. The molecule has 0 spiro atoms.